The second-order valence-corrected chi connectivity index (χ2v) is 4.88. The number of ether oxygens (including phenoxy) is 1. The van der Waals surface area contributed by atoms with Crippen molar-refractivity contribution in [2.75, 3.05) is 26.2 Å². The fraction of sp³-hybridized carbons (Fsp3) is 0.571. The Hall–Kier alpha value is -1.26. The average Bonchev–Trinajstić information content (AvgIpc) is 2.86. The van der Waals surface area contributed by atoms with E-state index in [1.54, 1.807) is 18.2 Å². The molecule has 0 radical (unpaired) electrons. The highest BCUT2D eigenvalue weighted by Gasteiger charge is 2.26. The molecule has 1 aromatic rings. The quantitative estimate of drug-likeness (QED) is 0.830. The molecule has 2 unspecified atom stereocenters. The zero-order valence-electron chi connectivity index (χ0n) is 10.9. The number of rotatable bonds is 5. The molecule has 0 bridgehead atoms. The van der Waals surface area contributed by atoms with E-state index in [0.29, 0.717) is 18.3 Å². The van der Waals surface area contributed by atoms with Crippen LogP contribution in [0.3, 0.4) is 0 Å². The van der Waals surface area contributed by atoms with Gasteiger partial charge in [0.1, 0.15) is 6.61 Å². The third kappa shape index (κ3) is 3.15. The third-order valence-electron chi connectivity index (χ3n) is 3.66. The minimum absolute atomic E-state index is 0.0288. The molecule has 0 spiro atoms. The number of nitrogens with zero attached hydrogens (tertiary/aromatic N) is 1. The van der Waals surface area contributed by atoms with E-state index >= 15 is 0 Å². The van der Waals surface area contributed by atoms with Gasteiger partial charge in [-0.15, -0.1) is 0 Å². The molecular weight excluding hydrogens is 228 g/mol. The molecule has 0 amide bonds. The summed E-state index contributed by atoms with van der Waals surface area (Å²) in [4.78, 5) is 2.41. The summed E-state index contributed by atoms with van der Waals surface area (Å²) in [5, 5.41) is 9.59. The van der Waals surface area contributed by atoms with Crippen LogP contribution >= 0.6 is 0 Å². The van der Waals surface area contributed by atoms with Gasteiger partial charge in [-0.25, -0.2) is 0 Å². The number of para-hydroxylation sites is 2. The molecule has 4 heteroatoms. The summed E-state index contributed by atoms with van der Waals surface area (Å²) in [7, 11) is 0. The Balaban J connectivity index is 1.82. The molecule has 1 fully saturated rings. The molecular formula is C14H22N2O2. The first-order chi connectivity index (χ1) is 8.70. The Morgan fingerprint density at radius 3 is 2.94 bits per heavy atom. The molecule has 0 aliphatic carbocycles. The largest absolute Gasteiger partial charge is 0.504 e. The molecule has 3 N–H and O–H groups in total. The molecule has 1 aliphatic rings. The van der Waals surface area contributed by atoms with E-state index in [1.807, 2.05) is 6.07 Å². The smallest absolute Gasteiger partial charge is 0.160 e. The van der Waals surface area contributed by atoms with Crippen LogP contribution in [0.4, 0.5) is 0 Å². The van der Waals surface area contributed by atoms with Crippen LogP contribution in [0.2, 0.25) is 0 Å². The highest BCUT2D eigenvalue weighted by Crippen LogP contribution is 2.25. The highest BCUT2D eigenvalue weighted by molar-refractivity contribution is 5.37. The Morgan fingerprint density at radius 2 is 2.28 bits per heavy atom. The first-order valence-electron chi connectivity index (χ1n) is 6.59. The van der Waals surface area contributed by atoms with Crippen LogP contribution in [0.15, 0.2) is 24.3 Å². The number of nitrogens with two attached hydrogens (primary N) is 1. The van der Waals surface area contributed by atoms with Crippen molar-refractivity contribution in [1.29, 1.82) is 0 Å². The maximum absolute atomic E-state index is 9.59. The van der Waals surface area contributed by atoms with E-state index in [0.717, 1.165) is 26.1 Å². The van der Waals surface area contributed by atoms with Crippen molar-refractivity contribution in [2.24, 2.45) is 11.7 Å². The van der Waals surface area contributed by atoms with E-state index < -0.39 is 0 Å². The summed E-state index contributed by atoms with van der Waals surface area (Å²) in [6, 6.07) is 7.03. The monoisotopic (exact) mass is 250 g/mol. The van der Waals surface area contributed by atoms with E-state index in [2.05, 4.69) is 11.8 Å². The van der Waals surface area contributed by atoms with Gasteiger partial charge in [-0.1, -0.05) is 19.1 Å². The first kappa shape index (κ1) is 13.2. The number of hydrogen-bond acceptors (Lipinski definition) is 4. The van der Waals surface area contributed by atoms with Gasteiger partial charge in [-0.3, -0.25) is 0 Å². The van der Waals surface area contributed by atoms with Gasteiger partial charge in [0.15, 0.2) is 11.5 Å². The molecule has 18 heavy (non-hydrogen) atoms. The molecule has 1 aliphatic heterocycles. The van der Waals surface area contributed by atoms with Crippen molar-refractivity contribution in [2.45, 2.75) is 19.4 Å². The summed E-state index contributed by atoms with van der Waals surface area (Å²) in [5.74, 6) is 1.18. The normalized spacial score (nSPS) is 22.0. The number of aromatic hydroxyl groups is 1. The summed E-state index contributed by atoms with van der Waals surface area (Å²) >= 11 is 0. The lowest BCUT2D eigenvalue weighted by molar-refractivity contribution is 0.234. The molecule has 4 nitrogen and oxygen atoms in total. The van der Waals surface area contributed by atoms with Crippen molar-refractivity contribution < 1.29 is 9.84 Å². The van der Waals surface area contributed by atoms with Crippen molar-refractivity contribution in [3.63, 3.8) is 0 Å². The Bertz CT molecular complexity index is 384. The first-order valence-corrected chi connectivity index (χ1v) is 6.59. The van der Waals surface area contributed by atoms with E-state index in [1.165, 1.54) is 0 Å². The molecule has 2 rings (SSSR count). The predicted molar refractivity (Wildman–Crippen MR) is 71.8 cm³/mol. The van der Waals surface area contributed by atoms with E-state index in [4.69, 9.17) is 10.5 Å². The zero-order valence-corrected chi connectivity index (χ0v) is 10.9. The number of benzene rings is 1. The lowest BCUT2D eigenvalue weighted by Crippen LogP contribution is -2.37. The Labute approximate surface area is 108 Å². The maximum Gasteiger partial charge on any atom is 0.160 e. The van der Waals surface area contributed by atoms with Crippen LogP contribution in [-0.4, -0.2) is 42.3 Å². The van der Waals surface area contributed by atoms with Crippen molar-refractivity contribution in [1.82, 2.24) is 4.90 Å². The Morgan fingerprint density at radius 1 is 1.50 bits per heavy atom. The summed E-state index contributed by atoms with van der Waals surface area (Å²) in [6.07, 6.45) is 1.14. The SMILES string of the molecule is CCN1CCC(C(N)COc2ccccc2O)C1. The fourth-order valence-corrected chi connectivity index (χ4v) is 2.40. The Kier molecular flexibility index (Phi) is 4.44. The molecule has 0 saturated carbocycles. The minimum atomic E-state index is 0.0288. The van der Waals surface area contributed by atoms with Gasteiger partial charge in [0.05, 0.1) is 0 Å². The standard InChI is InChI=1S/C14H22N2O2/c1-2-16-8-7-11(9-16)12(15)10-18-14-6-4-3-5-13(14)17/h3-6,11-12,17H,2,7-10,15H2,1H3. The van der Waals surface area contributed by atoms with Crippen molar-refractivity contribution in [3.8, 4) is 11.5 Å². The van der Waals surface area contributed by atoms with Crippen LogP contribution in [0.1, 0.15) is 13.3 Å². The minimum Gasteiger partial charge on any atom is -0.504 e. The predicted octanol–water partition coefficient (Wildman–Crippen LogP) is 1.44. The second kappa shape index (κ2) is 6.07. The highest BCUT2D eigenvalue weighted by atomic mass is 16.5. The molecule has 1 saturated heterocycles. The lowest BCUT2D eigenvalue weighted by atomic mass is 10.0. The third-order valence-corrected chi connectivity index (χ3v) is 3.66. The van der Waals surface area contributed by atoms with E-state index in [9.17, 15) is 5.11 Å². The van der Waals surface area contributed by atoms with Gasteiger partial charge in [-0.05, 0) is 37.6 Å². The molecule has 1 heterocycles. The number of phenols is 1. The molecule has 0 aromatic heterocycles. The summed E-state index contributed by atoms with van der Waals surface area (Å²) in [6.45, 7) is 5.91. The zero-order chi connectivity index (χ0) is 13.0. The van der Waals surface area contributed by atoms with Gasteiger partial charge in [0, 0.05) is 12.6 Å². The second-order valence-electron chi connectivity index (χ2n) is 4.88. The van der Waals surface area contributed by atoms with E-state index in [-0.39, 0.29) is 11.8 Å². The van der Waals surface area contributed by atoms with Crippen LogP contribution in [-0.2, 0) is 0 Å². The molecule has 1 aromatic carbocycles. The molecule has 100 valence electrons. The summed E-state index contributed by atoms with van der Waals surface area (Å²) < 4.78 is 5.59. The number of likely N-dealkylation sites (tertiary alicyclic amines) is 1. The lowest BCUT2D eigenvalue weighted by Gasteiger charge is -2.20. The average molecular weight is 250 g/mol. The van der Waals surface area contributed by atoms with Gasteiger partial charge in [0.2, 0.25) is 0 Å². The van der Waals surface area contributed by atoms with Gasteiger partial charge >= 0.3 is 0 Å². The van der Waals surface area contributed by atoms with Crippen molar-refractivity contribution in [3.05, 3.63) is 24.3 Å². The summed E-state index contributed by atoms with van der Waals surface area (Å²) in [5.41, 5.74) is 6.16. The fourth-order valence-electron chi connectivity index (χ4n) is 2.40. The van der Waals surface area contributed by atoms with Crippen LogP contribution in [0.5, 0.6) is 11.5 Å². The molecule has 2 atom stereocenters. The van der Waals surface area contributed by atoms with Gasteiger partial charge in [-0.2, -0.15) is 0 Å². The van der Waals surface area contributed by atoms with Crippen LogP contribution < -0.4 is 10.5 Å². The van der Waals surface area contributed by atoms with Crippen LogP contribution in [0.25, 0.3) is 0 Å². The van der Waals surface area contributed by atoms with Gasteiger partial charge < -0.3 is 20.5 Å². The maximum atomic E-state index is 9.59. The van der Waals surface area contributed by atoms with Crippen LogP contribution in [0, 0.1) is 5.92 Å². The number of hydrogen-bond donors (Lipinski definition) is 2. The van der Waals surface area contributed by atoms with Gasteiger partial charge in [0.25, 0.3) is 0 Å². The number of phenolic OH excluding ortho intramolecular Hbond substituents is 1. The topological polar surface area (TPSA) is 58.7 Å². The van der Waals surface area contributed by atoms with Crippen molar-refractivity contribution >= 4 is 0 Å².